The number of hydrogen-bond donors (Lipinski definition) is 1. The first-order chi connectivity index (χ1) is 15.6. The van der Waals surface area contributed by atoms with Gasteiger partial charge in [-0.05, 0) is 31.5 Å². The van der Waals surface area contributed by atoms with Gasteiger partial charge in [-0.25, -0.2) is 4.98 Å². The third-order valence-corrected chi connectivity index (χ3v) is 6.24. The van der Waals surface area contributed by atoms with Crippen molar-refractivity contribution in [2.45, 2.75) is 32.1 Å². The zero-order chi connectivity index (χ0) is 22.3. The number of nitrogens with one attached hydrogen (secondary N) is 1. The zero-order valence-electron chi connectivity index (χ0n) is 18.5. The molecule has 0 spiro atoms. The summed E-state index contributed by atoms with van der Waals surface area (Å²) in [5, 5.41) is 12.4. The van der Waals surface area contributed by atoms with Crippen LogP contribution in [-0.4, -0.2) is 57.7 Å². The van der Waals surface area contributed by atoms with Crippen LogP contribution in [0, 0.1) is 6.92 Å². The van der Waals surface area contributed by atoms with Gasteiger partial charge in [-0.3, -0.25) is 4.79 Å². The molecule has 1 saturated heterocycles. The van der Waals surface area contributed by atoms with E-state index in [1.165, 1.54) is 17.3 Å². The Hall–Kier alpha value is -2.91. The fourth-order valence-corrected chi connectivity index (χ4v) is 4.39. The van der Waals surface area contributed by atoms with Crippen molar-refractivity contribution in [1.29, 1.82) is 0 Å². The van der Waals surface area contributed by atoms with Gasteiger partial charge in [0, 0.05) is 37.9 Å². The predicted molar refractivity (Wildman–Crippen MR) is 126 cm³/mol. The van der Waals surface area contributed by atoms with Gasteiger partial charge >= 0.3 is 0 Å². The summed E-state index contributed by atoms with van der Waals surface area (Å²) < 4.78 is 7.42. The van der Waals surface area contributed by atoms with Crippen molar-refractivity contribution < 1.29 is 9.53 Å². The highest BCUT2D eigenvalue weighted by atomic mass is 32.2. The molecule has 0 atom stereocenters. The molecule has 1 N–H and O–H groups in total. The number of carbonyl (C=O) groups is 1. The van der Waals surface area contributed by atoms with Crippen LogP contribution in [0.25, 0.3) is 11.4 Å². The van der Waals surface area contributed by atoms with E-state index in [4.69, 9.17) is 4.74 Å². The Bertz CT molecular complexity index is 1050. The molecule has 8 nitrogen and oxygen atoms in total. The third kappa shape index (κ3) is 5.46. The Morgan fingerprint density at radius 1 is 1.19 bits per heavy atom. The number of thioether (sulfide) groups is 1. The van der Waals surface area contributed by atoms with Crippen LogP contribution in [0.5, 0.6) is 0 Å². The van der Waals surface area contributed by atoms with Gasteiger partial charge in [0.2, 0.25) is 5.91 Å². The van der Waals surface area contributed by atoms with Crippen LogP contribution in [0.15, 0.2) is 47.8 Å². The number of nitrogens with zero attached hydrogens (tertiary/aromatic N) is 5. The third-order valence-electron chi connectivity index (χ3n) is 5.28. The summed E-state index contributed by atoms with van der Waals surface area (Å²) in [6, 6.07) is 12.2. The van der Waals surface area contributed by atoms with Gasteiger partial charge < -0.3 is 19.5 Å². The normalized spacial score (nSPS) is 13.9. The topological polar surface area (TPSA) is 85.2 Å². The van der Waals surface area contributed by atoms with Gasteiger partial charge in [0.25, 0.3) is 0 Å². The summed E-state index contributed by atoms with van der Waals surface area (Å²) in [4.78, 5) is 19.1. The SMILES string of the molecule is CCn1c(SCC(=O)NCc2ccc(N3CCOCC3)nc2)nnc1-c1cccc(C)c1. The van der Waals surface area contributed by atoms with Crippen LogP contribution < -0.4 is 10.2 Å². The van der Waals surface area contributed by atoms with Crippen molar-refractivity contribution in [2.24, 2.45) is 0 Å². The Labute approximate surface area is 192 Å². The predicted octanol–water partition coefficient (Wildman–Crippen LogP) is 2.91. The molecule has 3 heterocycles. The number of benzene rings is 1. The number of anilines is 1. The zero-order valence-corrected chi connectivity index (χ0v) is 19.3. The molecule has 3 aromatic rings. The molecule has 1 aliphatic heterocycles. The molecule has 32 heavy (non-hydrogen) atoms. The van der Waals surface area contributed by atoms with E-state index in [1.807, 2.05) is 35.0 Å². The summed E-state index contributed by atoms with van der Waals surface area (Å²) in [7, 11) is 0. The number of carbonyl (C=O) groups excluding carboxylic acids is 1. The maximum Gasteiger partial charge on any atom is 0.230 e. The summed E-state index contributed by atoms with van der Waals surface area (Å²) in [6.45, 7) is 8.47. The highest BCUT2D eigenvalue weighted by Gasteiger charge is 2.15. The van der Waals surface area contributed by atoms with E-state index in [9.17, 15) is 4.79 Å². The number of aryl methyl sites for hydroxylation is 1. The molecule has 0 saturated carbocycles. The van der Waals surface area contributed by atoms with Crippen molar-refractivity contribution in [2.75, 3.05) is 37.0 Å². The maximum atomic E-state index is 12.4. The fourth-order valence-electron chi connectivity index (χ4n) is 3.56. The van der Waals surface area contributed by atoms with Crippen LogP contribution in [0.2, 0.25) is 0 Å². The lowest BCUT2D eigenvalue weighted by Gasteiger charge is -2.27. The Balaban J connectivity index is 1.29. The minimum absolute atomic E-state index is 0.0463. The number of hydrogen-bond acceptors (Lipinski definition) is 7. The largest absolute Gasteiger partial charge is 0.378 e. The molecule has 1 fully saturated rings. The Kier molecular flexibility index (Phi) is 7.39. The molecular formula is C23H28N6O2S. The van der Waals surface area contributed by atoms with Crippen molar-refractivity contribution >= 4 is 23.5 Å². The van der Waals surface area contributed by atoms with Gasteiger partial charge in [-0.2, -0.15) is 0 Å². The highest BCUT2D eigenvalue weighted by molar-refractivity contribution is 7.99. The van der Waals surface area contributed by atoms with Crippen LogP contribution >= 0.6 is 11.8 Å². The second kappa shape index (κ2) is 10.6. The summed E-state index contributed by atoms with van der Waals surface area (Å²) in [6.07, 6.45) is 1.82. The van der Waals surface area contributed by atoms with E-state index in [0.717, 1.165) is 60.8 Å². The minimum Gasteiger partial charge on any atom is -0.378 e. The van der Waals surface area contributed by atoms with Crippen molar-refractivity contribution in [3.8, 4) is 11.4 Å². The van der Waals surface area contributed by atoms with Gasteiger partial charge in [0.15, 0.2) is 11.0 Å². The van der Waals surface area contributed by atoms with Crippen LogP contribution in [0.4, 0.5) is 5.82 Å². The summed E-state index contributed by atoms with van der Waals surface area (Å²) in [5.41, 5.74) is 3.18. The number of amides is 1. The fraction of sp³-hybridized carbons (Fsp3) is 0.391. The number of rotatable bonds is 8. The Morgan fingerprint density at radius 2 is 2.03 bits per heavy atom. The maximum absolute atomic E-state index is 12.4. The van der Waals surface area contributed by atoms with E-state index >= 15 is 0 Å². The van der Waals surface area contributed by atoms with Crippen LogP contribution in [0.1, 0.15) is 18.1 Å². The molecule has 2 aromatic heterocycles. The van der Waals surface area contributed by atoms with E-state index in [1.54, 1.807) is 0 Å². The average molecular weight is 453 g/mol. The first-order valence-electron chi connectivity index (χ1n) is 10.8. The van der Waals surface area contributed by atoms with E-state index in [-0.39, 0.29) is 11.7 Å². The molecule has 0 bridgehead atoms. The van der Waals surface area contributed by atoms with E-state index in [2.05, 4.69) is 51.4 Å². The lowest BCUT2D eigenvalue weighted by molar-refractivity contribution is -0.118. The minimum atomic E-state index is -0.0463. The number of aromatic nitrogens is 4. The lowest BCUT2D eigenvalue weighted by Crippen LogP contribution is -2.36. The molecule has 1 amide bonds. The van der Waals surface area contributed by atoms with E-state index < -0.39 is 0 Å². The van der Waals surface area contributed by atoms with Gasteiger partial charge in [-0.15, -0.1) is 10.2 Å². The molecule has 168 valence electrons. The standard InChI is InChI=1S/C23H28N6O2S/c1-3-29-22(19-6-4-5-17(2)13-19)26-27-23(29)32-16-21(30)25-15-18-7-8-20(24-14-18)28-9-11-31-12-10-28/h4-8,13-14H,3,9-12,15-16H2,1-2H3,(H,25,30). The second-order valence-corrected chi connectivity index (χ2v) is 8.55. The monoisotopic (exact) mass is 452 g/mol. The number of morpholine rings is 1. The Morgan fingerprint density at radius 3 is 2.75 bits per heavy atom. The molecular weight excluding hydrogens is 424 g/mol. The molecule has 0 unspecified atom stereocenters. The quantitative estimate of drug-likeness (QED) is 0.526. The molecule has 1 aliphatic rings. The van der Waals surface area contributed by atoms with Crippen molar-refractivity contribution in [1.82, 2.24) is 25.1 Å². The molecule has 9 heteroatoms. The smallest absolute Gasteiger partial charge is 0.230 e. The lowest BCUT2D eigenvalue weighted by atomic mass is 10.1. The van der Waals surface area contributed by atoms with Crippen LogP contribution in [0.3, 0.4) is 0 Å². The number of ether oxygens (including phenoxy) is 1. The highest BCUT2D eigenvalue weighted by Crippen LogP contribution is 2.24. The first kappa shape index (κ1) is 22.3. The van der Waals surface area contributed by atoms with Gasteiger partial charge in [0.05, 0.1) is 19.0 Å². The number of pyridine rings is 1. The molecule has 0 radical (unpaired) electrons. The van der Waals surface area contributed by atoms with E-state index in [0.29, 0.717) is 6.54 Å². The van der Waals surface area contributed by atoms with Crippen LogP contribution in [-0.2, 0) is 22.6 Å². The molecule has 1 aromatic carbocycles. The summed E-state index contributed by atoms with van der Waals surface area (Å²) >= 11 is 1.40. The van der Waals surface area contributed by atoms with Crippen molar-refractivity contribution in [3.05, 3.63) is 53.7 Å². The summed E-state index contributed by atoms with van der Waals surface area (Å²) in [5.74, 6) is 2.01. The molecule has 4 rings (SSSR count). The van der Waals surface area contributed by atoms with Crippen molar-refractivity contribution in [3.63, 3.8) is 0 Å². The second-order valence-electron chi connectivity index (χ2n) is 7.61. The van der Waals surface area contributed by atoms with Gasteiger partial charge in [-0.1, -0.05) is 41.6 Å². The first-order valence-corrected chi connectivity index (χ1v) is 11.8. The molecule has 0 aliphatic carbocycles. The van der Waals surface area contributed by atoms with Gasteiger partial charge in [0.1, 0.15) is 5.82 Å². The average Bonchev–Trinajstić information content (AvgIpc) is 3.25.